The Kier molecular flexibility index (Phi) is 3.88. The van der Waals surface area contributed by atoms with Gasteiger partial charge in [0.1, 0.15) is 5.82 Å². The molecule has 0 saturated carbocycles. The lowest BCUT2D eigenvalue weighted by Gasteiger charge is -2.38. The molecule has 1 fully saturated rings. The van der Waals surface area contributed by atoms with Crippen LogP contribution in [0.15, 0.2) is 22.7 Å². The van der Waals surface area contributed by atoms with Crippen LogP contribution in [0.25, 0.3) is 0 Å². The molecule has 1 aromatic carbocycles. The van der Waals surface area contributed by atoms with Gasteiger partial charge < -0.3 is 0 Å². The van der Waals surface area contributed by atoms with Crippen LogP contribution in [0.3, 0.4) is 0 Å². The topological polar surface area (TPSA) is 3.24 Å². The molecule has 94 valence electrons. The third-order valence-corrected chi connectivity index (χ3v) is 3.88. The molecule has 1 aliphatic rings. The number of likely N-dealkylation sites (tertiary alicyclic amines) is 1. The smallest absolute Gasteiger partial charge is 0.128 e. The van der Waals surface area contributed by atoms with Crippen molar-refractivity contribution in [1.29, 1.82) is 0 Å². The van der Waals surface area contributed by atoms with Crippen LogP contribution in [-0.4, -0.2) is 18.0 Å². The van der Waals surface area contributed by atoms with E-state index in [4.69, 9.17) is 0 Å². The van der Waals surface area contributed by atoms with E-state index in [-0.39, 0.29) is 5.82 Å². The number of benzene rings is 1. The molecule has 1 heterocycles. The van der Waals surface area contributed by atoms with E-state index in [0.29, 0.717) is 5.41 Å². The van der Waals surface area contributed by atoms with E-state index in [9.17, 15) is 4.39 Å². The lowest BCUT2D eigenvalue weighted by molar-refractivity contribution is 0.110. The lowest BCUT2D eigenvalue weighted by Crippen LogP contribution is -2.39. The SMILES string of the molecule is CC1(C)CCCN(Cc2ccc(Br)cc2F)C1. The summed E-state index contributed by atoms with van der Waals surface area (Å²) in [6.45, 7) is 7.44. The normalized spacial score (nSPS) is 20.5. The van der Waals surface area contributed by atoms with Crippen molar-refractivity contribution in [2.45, 2.75) is 33.2 Å². The first-order valence-electron chi connectivity index (χ1n) is 6.13. The van der Waals surface area contributed by atoms with Crippen LogP contribution in [0.5, 0.6) is 0 Å². The van der Waals surface area contributed by atoms with Crippen molar-refractivity contribution in [3.8, 4) is 0 Å². The molecular weight excluding hydrogens is 281 g/mol. The second kappa shape index (κ2) is 5.07. The zero-order valence-corrected chi connectivity index (χ0v) is 12.1. The molecule has 17 heavy (non-hydrogen) atoms. The second-order valence-electron chi connectivity index (χ2n) is 5.71. The summed E-state index contributed by atoms with van der Waals surface area (Å²) in [5, 5.41) is 0. The van der Waals surface area contributed by atoms with Crippen molar-refractivity contribution in [1.82, 2.24) is 4.90 Å². The summed E-state index contributed by atoms with van der Waals surface area (Å²) in [5.74, 6) is -0.109. The maximum atomic E-state index is 13.7. The Morgan fingerprint density at radius 2 is 2.18 bits per heavy atom. The molecule has 0 N–H and O–H groups in total. The first kappa shape index (κ1) is 13.0. The van der Waals surface area contributed by atoms with Crippen molar-refractivity contribution in [2.75, 3.05) is 13.1 Å². The molecule has 0 aromatic heterocycles. The van der Waals surface area contributed by atoms with Crippen LogP contribution >= 0.6 is 15.9 Å². The van der Waals surface area contributed by atoms with E-state index in [1.165, 1.54) is 12.8 Å². The van der Waals surface area contributed by atoms with Gasteiger partial charge in [-0.2, -0.15) is 0 Å². The lowest BCUT2D eigenvalue weighted by atomic mass is 9.84. The van der Waals surface area contributed by atoms with Crippen molar-refractivity contribution in [3.63, 3.8) is 0 Å². The van der Waals surface area contributed by atoms with Crippen LogP contribution in [0.1, 0.15) is 32.3 Å². The maximum Gasteiger partial charge on any atom is 0.128 e. The van der Waals surface area contributed by atoms with E-state index in [0.717, 1.165) is 29.7 Å². The van der Waals surface area contributed by atoms with Gasteiger partial charge in [0.05, 0.1) is 0 Å². The number of nitrogens with zero attached hydrogens (tertiary/aromatic N) is 1. The van der Waals surface area contributed by atoms with Crippen molar-refractivity contribution in [2.24, 2.45) is 5.41 Å². The Hall–Kier alpha value is -0.410. The molecule has 1 aromatic rings. The van der Waals surface area contributed by atoms with Gasteiger partial charge in [0.25, 0.3) is 0 Å². The van der Waals surface area contributed by atoms with Gasteiger partial charge >= 0.3 is 0 Å². The fraction of sp³-hybridized carbons (Fsp3) is 0.571. The molecule has 0 amide bonds. The second-order valence-corrected chi connectivity index (χ2v) is 6.63. The molecule has 3 heteroatoms. The standard InChI is InChI=1S/C14H19BrFN/c1-14(2)6-3-7-17(10-14)9-11-4-5-12(15)8-13(11)16/h4-5,8H,3,6-7,9-10H2,1-2H3. The number of hydrogen-bond donors (Lipinski definition) is 0. The summed E-state index contributed by atoms with van der Waals surface area (Å²) in [6.07, 6.45) is 2.48. The van der Waals surface area contributed by atoms with E-state index >= 15 is 0 Å². The summed E-state index contributed by atoms with van der Waals surface area (Å²) < 4.78 is 14.5. The molecule has 0 radical (unpaired) electrons. The molecule has 0 aliphatic carbocycles. The largest absolute Gasteiger partial charge is 0.298 e. The van der Waals surface area contributed by atoms with Gasteiger partial charge in [-0.1, -0.05) is 35.8 Å². The zero-order chi connectivity index (χ0) is 12.5. The Labute approximate surface area is 111 Å². The van der Waals surface area contributed by atoms with Crippen LogP contribution in [0.2, 0.25) is 0 Å². The fourth-order valence-electron chi connectivity index (χ4n) is 2.57. The number of piperidine rings is 1. The number of rotatable bonds is 2. The first-order valence-corrected chi connectivity index (χ1v) is 6.92. The first-order chi connectivity index (χ1) is 7.96. The monoisotopic (exact) mass is 299 g/mol. The van der Waals surface area contributed by atoms with Gasteiger partial charge in [-0.15, -0.1) is 0 Å². The molecule has 1 nitrogen and oxygen atoms in total. The third-order valence-electron chi connectivity index (χ3n) is 3.39. The van der Waals surface area contributed by atoms with Gasteiger partial charge in [0.2, 0.25) is 0 Å². The molecule has 2 rings (SSSR count). The third kappa shape index (κ3) is 3.52. The fourth-order valence-corrected chi connectivity index (χ4v) is 2.90. The molecule has 0 bridgehead atoms. The predicted molar refractivity (Wildman–Crippen MR) is 72.4 cm³/mol. The van der Waals surface area contributed by atoms with E-state index < -0.39 is 0 Å². The van der Waals surface area contributed by atoms with Gasteiger partial charge in [-0.05, 0) is 36.9 Å². The summed E-state index contributed by atoms with van der Waals surface area (Å²) >= 11 is 3.29. The van der Waals surface area contributed by atoms with Gasteiger partial charge in [-0.25, -0.2) is 4.39 Å². The van der Waals surface area contributed by atoms with Crippen molar-refractivity contribution >= 4 is 15.9 Å². The molecular formula is C14H19BrFN. The van der Waals surface area contributed by atoms with Crippen LogP contribution < -0.4 is 0 Å². The van der Waals surface area contributed by atoms with Crippen LogP contribution in [-0.2, 0) is 6.54 Å². The number of hydrogen-bond acceptors (Lipinski definition) is 1. The van der Waals surface area contributed by atoms with Crippen LogP contribution in [0, 0.1) is 11.2 Å². The molecule has 0 unspecified atom stereocenters. The Morgan fingerprint density at radius 3 is 2.82 bits per heavy atom. The minimum Gasteiger partial charge on any atom is -0.298 e. The van der Waals surface area contributed by atoms with Crippen LogP contribution in [0.4, 0.5) is 4.39 Å². The highest BCUT2D eigenvalue weighted by molar-refractivity contribution is 9.10. The summed E-state index contributed by atoms with van der Waals surface area (Å²) in [5.41, 5.74) is 1.16. The van der Waals surface area contributed by atoms with Gasteiger partial charge in [0.15, 0.2) is 0 Å². The predicted octanol–water partition coefficient (Wildman–Crippen LogP) is 4.21. The summed E-state index contributed by atoms with van der Waals surface area (Å²) in [4.78, 5) is 2.36. The summed E-state index contributed by atoms with van der Waals surface area (Å²) in [6, 6.07) is 5.33. The Balaban J connectivity index is 2.05. The number of halogens is 2. The summed E-state index contributed by atoms with van der Waals surface area (Å²) in [7, 11) is 0. The van der Waals surface area contributed by atoms with E-state index in [2.05, 4.69) is 34.7 Å². The zero-order valence-electron chi connectivity index (χ0n) is 10.5. The highest BCUT2D eigenvalue weighted by atomic mass is 79.9. The average Bonchev–Trinajstić information content (AvgIpc) is 2.21. The molecule has 0 spiro atoms. The van der Waals surface area contributed by atoms with Gasteiger partial charge in [-0.3, -0.25) is 4.90 Å². The average molecular weight is 300 g/mol. The van der Waals surface area contributed by atoms with Crippen molar-refractivity contribution in [3.05, 3.63) is 34.1 Å². The Morgan fingerprint density at radius 1 is 1.41 bits per heavy atom. The quantitative estimate of drug-likeness (QED) is 0.791. The van der Waals surface area contributed by atoms with E-state index in [1.54, 1.807) is 6.07 Å². The molecule has 1 aliphatic heterocycles. The van der Waals surface area contributed by atoms with Gasteiger partial charge in [0, 0.05) is 23.1 Å². The Bertz CT molecular complexity index is 403. The molecule has 0 atom stereocenters. The minimum absolute atomic E-state index is 0.109. The van der Waals surface area contributed by atoms with Crippen molar-refractivity contribution < 1.29 is 4.39 Å². The molecule has 1 saturated heterocycles. The highest BCUT2D eigenvalue weighted by Gasteiger charge is 2.26. The highest BCUT2D eigenvalue weighted by Crippen LogP contribution is 2.29. The maximum absolute atomic E-state index is 13.7. The van der Waals surface area contributed by atoms with E-state index in [1.807, 2.05) is 12.1 Å². The minimum atomic E-state index is -0.109.